The van der Waals surface area contributed by atoms with Crippen LogP contribution in [0.25, 0.3) is 0 Å². The van der Waals surface area contributed by atoms with Crippen molar-refractivity contribution in [3.63, 3.8) is 0 Å². The molecule has 1 saturated carbocycles. The lowest BCUT2D eigenvalue weighted by Crippen LogP contribution is -2.56. The van der Waals surface area contributed by atoms with Gasteiger partial charge in [-0.05, 0) is 58.5 Å². The fourth-order valence-corrected chi connectivity index (χ4v) is 4.19. The van der Waals surface area contributed by atoms with Crippen LogP contribution in [0.4, 0.5) is 0 Å². The highest BCUT2D eigenvalue weighted by Crippen LogP contribution is 2.36. The molecule has 2 heteroatoms. The van der Waals surface area contributed by atoms with Crippen LogP contribution in [0.5, 0.6) is 0 Å². The van der Waals surface area contributed by atoms with Crippen LogP contribution in [0.15, 0.2) is 0 Å². The number of hydrogen-bond acceptors (Lipinski definition) is 2. The fraction of sp³-hybridized carbons (Fsp3) is 1.00. The van der Waals surface area contributed by atoms with Gasteiger partial charge in [-0.3, -0.25) is 4.90 Å². The van der Waals surface area contributed by atoms with Crippen LogP contribution in [0.3, 0.4) is 0 Å². The summed E-state index contributed by atoms with van der Waals surface area (Å²) in [6.07, 6.45) is 10.0. The van der Waals surface area contributed by atoms with Crippen molar-refractivity contribution in [2.45, 2.75) is 76.9 Å². The first-order valence-corrected chi connectivity index (χ1v) is 7.71. The van der Waals surface area contributed by atoms with Gasteiger partial charge in [-0.15, -0.1) is 0 Å². The van der Waals surface area contributed by atoms with Gasteiger partial charge in [0, 0.05) is 18.1 Å². The molecule has 1 N–H and O–H groups in total. The number of nitrogens with one attached hydrogen (secondary N) is 1. The molecular weight excluding hydrogens is 208 g/mol. The first-order chi connectivity index (χ1) is 8.27. The number of likely N-dealkylation sites (N-methyl/N-ethyl adjacent to an activating group) is 1. The molecule has 1 aliphatic heterocycles. The summed E-state index contributed by atoms with van der Waals surface area (Å²) in [4.78, 5) is 2.83. The smallest absolute Gasteiger partial charge is 0.0223 e. The zero-order chi connectivity index (χ0) is 12.3. The van der Waals surface area contributed by atoms with E-state index in [1.54, 1.807) is 0 Å². The van der Waals surface area contributed by atoms with Crippen molar-refractivity contribution in [2.24, 2.45) is 5.92 Å². The molecule has 0 aromatic carbocycles. The van der Waals surface area contributed by atoms with Gasteiger partial charge >= 0.3 is 0 Å². The number of rotatable bonds is 4. The monoisotopic (exact) mass is 238 g/mol. The second-order valence-corrected chi connectivity index (χ2v) is 6.04. The summed E-state index contributed by atoms with van der Waals surface area (Å²) in [5, 5.41) is 3.50. The third-order valence-corrected chi connectivity index (χ3v) is 5.20. The molecular formula is C15H30N2. The molecule has 4 atom stereocenters. The Morgan fingerprint density at radius 1 is 1.18 bits per heavy atom. The number of nitrogens with zero attached hydrogens (tertiary/aromatic N) is 1. The Balaban J connectivity index is 2.02. The molecule has 1 aliphatic carbocycles. The minimum Gasteiger partial charge on any atom is -0.315 e. The quantitative estimate of drug-likeness (QED) is 0.810. The van der Waals surface area contributed by atoms with Gasteiger partial charge in [0.15, 0.2) is 0 Å². The van der Waals surface area contributed by atoms with Crippen molar-refractivity contribution in [2.75, 3.05) is 13.6 Å². The van der Waals surface area contributed by atoms with E-state index in [9.17, 15) is 0 Å². The van der Waals surface area contributed by atoms with Gasteiger partial charge in [-0.25, -0.2) is 0 Å². The average molecular weight is 238 g/mol. The maximum absolute atomic E-state index is 3.50. The molecule has 2 rings (SSSR count). The molecule has 1 heterocycles. The van der Waals surface area contributed by atoms with Crippen molar-refractivity contribution >= 4 is 0 Å². The van der Waals surface area contributed by atoms with Crippen molar-refractivity contribution in [1.29, 1.82) is 0 Å². The summed E-state index contributed by atoms with van der Waals surface area (Å²) in [7, 11) is 2.12. The molecule has 0 bridgehead atoms. The lowest BCUT2D eigenvalue weighted by atomic mass is 9.77. The van der Waals surface area contributed by atoms with E-state index in [-0.39, 0.29) is 0 Å². The van der Waals surface area contributed by atoms with Gasteiger partial charge in [0.1, 0.15) is 0 Å². The SMILES string of the molecule is CCC(NC)C(C)N1CCC[C@H]2CCCC[C@H]21. The van der Waals surface area contributed by atoms with Crippen molar-refractivity contribution in [1.82, 2.24) is 10.2 Å². The predicted molar refractivity (Wildman–Crippen MR) is 74.3 cm³/mol. The summed E-state index contributed by atoms with van der Waals surface area (Å²) < 4.78 is 0. The van der Waals surface area contributed by atoms with E-state index >= 15 is 0 Å². The van der Waals surface area contributed by atoms with E-state index in [1.807, 2.05) is 0 Å². The zero-order valence-corrected chi connectivity index (χ0v) is 11.9. The van der Waals surface area contributed by atoms with Gasteiger partial charge in [-0.1, -0.05) is 19.8 Å². The minimum atomic E-state index is 0.663. The molecule has 0 aromatic heterocycles. The van der Waals surface area contributed by atoms with Crippen LogP contribution in [-0.2, 0) is 0 Å². The normalized spacial score (nSPS) is 34.1. The van der Waals surface area contributed by atoms with E-state index in [1.165, 1.54) is 51.5 Å². The summed E-state index contributed by atoms with van der Waals surface area (Å²) in [6, 6.07) is 2.27. The first kappa shape index (κ1) is 13.4. The largest absolute Gasteiger partial charge is 0.315 e. The Labute approximate surface area is 107 Å². The summed E-state index contributed by atoms with van der Waals surface area (Å²) in [5.41, 5.74) is 0. The van der Waals surface area contributed by atoms with Gasteiger partial charge in [0.05, 0.1) is 0 Å². The van der Waals surface area contributed by atoms with Crippen molar-refractivity contribution in [3.8, 4) is 0 Å². The maximum atomic E-state index is 3.50. The fourth-order valence-electron chi connectivity index (χ4n) is 4.19. The Kier molecular flexibility index (Phi) is 4.87. The van der Waals surface area contributed by atoms with Crippen LogP contribution in [0.2, 0.25) is 0 Å². The Morgan fingerprint density at radius 3 is 2.59 bits per heavy atom. The number of likely N-dealkylation sites (tertiary alicyclic amines) is 1. The summed E-state index contributed by atoms with van der Waals surface area (Å²) in [5.74, 6) is 1.01. The molecule has 100 valence electrons. The van der Waals surface area contributed by atoms with Gasteiger partial charge in [-0.2, -0.15) is 0 Å². The van der Waals surface area contributed by atoms with E-state index in [2.05, 4.69) is 31.1 Å². The third kappa shape index (κ3) is 2.85. The Morgan fingerprint density at radius 2 is 1.88 bits per heavy atom. The molecule has 0 aromatic rings. The van der Waals surface area contributed by atoms with Crippen LogP contribution >= 0.6 is 0 Å². The van der Waals surface area contributed by atoms with Gasteiger partial charge in [0.2, 0.25) is 0 Å². The van der Waals surface area contributed by atoms with E-state index in [4.69, 9.17) is 0 Å². The van der Waals surface area contributed by atoms with Crippen LogP contribution in [0.1, 0.15) is 58.8 Å². The second kappa shape index (κ2) is 6.19. The lowest BCUT2D eigenvalue weighted by molar-refractivity contribution is 0.0191. The van der Waals surface area contributed by atoms with Gasteiger partial charge in [0.25, 0.3) is 0 Å². The highest BCUT2D eigenvalue weighted by Gasteiger charge is 2.36. The minimum absolute atomic E-state index is 0.663. The first-order valence-electron chi connectivity index (χ1n) is 7.71. The van der Waals surface area contributed by atoms with E-state index < -0.39 is 0 Å². The highest BCUT2D eigenvalue weighted by atomic mass is 15.2. The molecule has 2 fully saturated rings. The molecule has 2 nitrogen and oxygen atoms in total. The standard InChI is InChI=1S/C15H30N2/c1-4-14(16-3)12(2)17-11-7-9-13-8-5-6-10-15(13)17/h12-16H,4-11H2,1-3H3/t12?,13-,14?,15-/m1/s1. The predicted octanol–water partition coefficient (Wildman–Crippen LogP) is 3.03. The second-order valence-electron chi connectivity index (χ2n) is 6.04. The van der Waals surface area contributed by atoms with Gasteiger partial charge < -0.3 is 5.32 Å². The number of hydrogen-bond donors (Lipinski definition) is 1. The van der Waals surface area contributed by atoms with E-state index in [0.717, 1.165) is 12.0 Å². The molecule has 1 saturated heterocycles. The Bertz CT molecular complexity index is 223. The lowest BCUT2D eigenvalue weighted by Gasteiger charge is -2.48. The summed E-state index contributed by atoms with van der Waals surface area (Å²) >= 11 is 0. The molecule has 0 radical (unpaired) electrons. The number of fused-ring (bicyclic) bond motifs is 1. The average Bonchev–Trinajstić information content (AvgIpc) is 2.39. The number of piperidine rings is 1. The Hall–Kier alpha value is -0.0800. The zero-order valence-electron chi connectivity index (χ0n) is 11.9. The summed E-state index contributed by atoms with van der Waals surface area (Å²) in [6.45, 7) is 6.07. The van der Waals surface area contributed by atoms with Crippen molar-refractivity contribution in [3.05, 3.63) is 0 Å². The maximum Gasteiger partial charge on any atom is 0.0223 e. The topological polar surface area (TPSA) is 15.3 Å². The van der Waals surface area contributed by atoms with Crippen LogP contribution < -0.4 is 5.32 Å². The molecule has 2 aliphatic rings. The van der Waals surface area contributed by atoms with Crippen LogP contribution in [0, 0.1) is 5.92 Å². The molecule has 0 spiro atoms. The van der Waals surface area contributed by atoms with Crippen molar-refractivity contribution < 1.29 is 0 Å². The van der Waals surface area contributed by atoms with Crippen LogP contribution in [-0.4, -0.2) is 36.6 Å². The van der Waals surface area contributed by atoms with E-state index in [0.29, 0.717) is 12.1 Å². The molecule has 2 unspecified atom stereocenters. The third-order valence-electron chi connectivity index (χ3n) is 5.20. The highest BCUT2D eigenvalue weighted by molar-refractivity contribution is 4.92. The molecule has 17 heavy (non-hydrogen) atoms. The molecule has 0 amide bonds.